The SMILES string of the molecule is CC(NC(=O)c1sc2cc(Cl)ccc2c1N)c1nccs1. The zero-order chi connectivity index (χ0) is 15.0. The van der Waals surface area contributed by atoms with Crippen LogP contribution >= 0.6 is 34.3 Å². The van der Waals surface area contributed by atoms with Crippen LogP contribution in [0.3, 0.4) is 0 Å². The molecule has 0 bridgehead atoms. The first kappa shape index (κ1) is 14.3. The first-order valence-electron chi connectivity index (χ1n) is 6.24. The Labute approximate surface area is 134 Å². The van der Waals surface area contributed by atoms with Crippen molar-refractivity contribution in [3.63, 3.8) is 0 Å². The molecule has 0 fully saturated rings. The van der Waals surface area contributed by atoms with Gasteiger partial charge in [0.2, 0.25) is 0 Å². The van der Waals surface area contributed by atoms with Crippen LogP contribution in [-0.4, -0.2) is 10.9 Å². The highest BCUT2D eigenvalue weighted by Gasteiger charge is 2.19. The molecule has 1 amide bonds. The van der Waals surface area contributed by atoms with E-state index in [-0.39, 0.29) is 11.9 Å². The van der Waals surface area contributed by atoms with Crippen LogP contribution in [0.1, 0.15) is 27.6 Å². The van der Waals surface area contributed by atoms with E-state index in [1.54, 1.807) is 12.3 Å². The smallest absolute Gasteiger partial charge is 0.264 e. The van der Waals surface area contributed by atoms with E-state index in [1.165, 1.54) is 22.7 Å². The highest BCUT2D eigenvalue weighted by Crippen LogP contribution is 2.35. The number of nitrogens with zero attached hydrogens (tertiary/aromatic N) is 1. The number of carbonyl (C=O) groups excluding carboxylic acids is 1. The van der Waals surface area contributed by atoms with Crippen LogP contribution in [0, 0.1) is 0 Å². The number of thiophene rings is 1. The van der Waals surface area contributed by atoms with E-state index in [1.807, 2.05) is 24.4 Å². The van der Waals surface area contributed by atoms with Gasteiger partial charge in [0.05, 0.1) is 11.7 Å². The number of hydrogen-bond donors (Lipinski definition) is 2. The van der Waals surface area contributed by atoms with E-state index in [0.29, 0.717) is 15.6 Å². The number of fused-ring (bicyclic) bond motifs is 1. The number of hydrogen-bond acceptors (Lipinski definition) is 5. The Hall–Kier alpha value is -1.63. The van der Waals surface area contributed by atoms with Crippen molar-refractivity contribution in [2.75, 3.05) is 5.73 Å². The van der Waals surface area contributed by atoms with Crippen LogP contribution in [0.25, 0.3) is 10.1 Å². The van der Waals surface area contributed by atoms with Crippen molar-refractivity contribution in [3.8, 4) is 0 Å². The third-order valence-electron chi connectivity index (χ3n) is 3.07. The van der Waals surface area contributed by atoms with E-state index >= 15 is 0 Å². The Kier molecular flexibility index (Phi) is 3.84. The molecule has 0 aliphatic carbocycles. The number of thiazole rings is 1. The summed E-state index contributed by atoms with van der Waals surface area (Å²) in [6, 6.07) is 5.28. The summed E-state index contributed by atoms with van der Waals surface area (Å²) in [7, 11) is 0. The van der Waals surface area contributed by atoms with Gasteiger partial charge in [-0.1, -0.05) is 11.6 Å². The first-order valence-corrected chi connectivity index (χ1v) is 8.31. The Morgan fingerprint density at radius 2 is 2.29 bits per heavy atom. The zero-order valence-corrected chi connectivity index (χ0v) is 13.5. The van der Waals surface area contributed by atoms with Crippen molar-refractivity contribution < 1.29 is 4.79 Å². The molecule has 1 unspecified atom stereocenters. The highest BCUT2D eigenvalue weighted by molar-refractivity contribution is 7.21. The number of halogens is 1. The molecular weight excluding hydrogens is 326 g/mol. The minimum Gasteiger partial charge on any atom is -0.397 e. The molecule has 3 rings (SSSR count). The topological polar surface area (TPSA) is 68.0 Å². The largest absolute Gasteiger partial charge is 0.397 e. The summed E-state index contributed by atoms with van der Waals surface area (Å²) in [6.07, 6.45) is 1.72. The number of carbonyl (C=O) groups is 1. The van der Waals surface area contributed by atoms with Crippen molar-refractivity contribution in [3.05, 3.63) is 44.7 Å². The van der Waals surface area contributed by atoms with Gasteiger partial charge in [-0.05, 0) is 25.1 Å². The van der Waals surface area contributed by atoms with Crippen LogP contribution in [0.15, 0.2) is 29.8 Å². The average Bonchev–Trinajstić information content (AvgIpc) is 3.07. The maximum Gasteiger partial charge on any atom is 0.264 e. The van der Waals surface area contributed by atoms with Crippen molar-refractivity contribution in [1.82, 2.24) is 10.3 Å². The van der Waals surface area contributed by atoms with Gasteiger partial charge in [0.1, 0.15) is 9.88 Å². The molecule has 0 aliphatic rings. The van der Waals surface area contributed by atoms with Crippen molar-refractivity contribution in [1.29, 1.82) is 0 Å². The third kappa shape index (κ3) is 2.74. The Bertz CT molecular complexity index is 798. The molecule has 21 heavy (non-hydrogen) atoms. The second-order valence-corrected chi connectivity index (χ2v) is 6.97. The molecule has 108 valence electrons. The molecule has 0 spiro atoms. The van der Waals surface area contributed by atoms with Gasteiger partial charge in [-0.3, -0.25) is 4.79 Å². The molecule has 0 radical (unpaired) electrons. The lowest BCUT2D eigenvalue weighted by atomic mass is 10.2. The van der Waals surface area contributed by atoms with E-state index in [2.05, 4.69) is 10.3 Å². The Morgan fingerprint density at radius 1 is 1.48 bits per heavy atom. The van der Waals surface area contributed by atoms with Crippen LogP contribution in [-0.2, 0) is 0 Å². The standard InChI is InChI=1S/C14H12ClN3OS2/c1-7(14-17-4-5-20-14)18-13(19)12-11(16)9-3-2-8(15)6-10(9)21-12/h2-7H,16H2,1H3,(H,18,19). The molecule has 1 aromatic carbocycles. The fourth-order valence-corrected chi connectivity index (χ4v) is 3.98. The minimum atomic E-state index is -0.187. The maximum absolute atomic E-state index is 12.4. The average molecular weight is 338 g/mol. The van der Waals surface area contributed by atoms with Gasteiger partial charge in [0.25, 0.3) is 5.91 Å². The lowest BCUT2D eigenvalue weighted by molar-refractivity contribution is 0.0945. The van der Waals surface area contributed by atoms with Gasteiger partial charge in [-0.2, -0.15) is 0 Å². The molecule has 1 atom stereocenters. The van der Waals surface area contributed by atoms with Gasteiger partial charge < -0.3 is 11.1 Å². The van der Waals surface area contributed by atoms with E-state index < -0.39 is 0 Å². The van der Waals surface area contributed by atoms with E-state index in [0.717, 1.165) is 15.1 Å². The predicted octanol–water partition coefficient (Wildman–Crippen LogP) is 4.08. The Balaban J connectivity index is 1.89. The number of anilines is 1. The van der Waals surface area contributed by atoms with E-state index in [4.69, 9.17) is 17.3 Å². The van der Waals surface area contributed by atoms with Gasteiger partial charge >= 0.3 is 0 Å². The van der Waals surface area contributed by atoms with Gasteiger partial charge in [-0.25, -0.2) is 4.98 Å². The molecule has 4 nitrogen and oxygen atoms in total. The van der Waals surface area contributed by atoms with E-state index in [9.17, 15) is 4.79 Å². The molecule has 0 saturated carbocycles. The lowest BCUT2D eigenvalue weighted by Gasteiger charge is -2.10. The van der Waals surface area contributed by atoms with Gasteiger partial charge in [0, 0.05) is 26.7 Å². The van der Waals surface area contributed by atoms with Gasteiger partial charge in [-0.15, -0.1) is 22.7 Å². The fourth-order valence-electron chi connectivity index (χ4n) is 2.03. The first-order chi connectivity index (χ1) is 10.1. The predicted molar refractivity (Wildman–Crippen MR) is 89.2 cm³/mol. The number of benzene rings is 1. The third-order valence-corrected chi connectivity index (χ3v) is 5.43. The molecule has 3 N–H and O–H groups in total. The van der Waals surface area contributed by atoms with Crippen LogP contribution in [0.2, 0.25) is 5.02 Å². The van der Waals surface area contributed by atoms with Crippen LogP contribution in [0.4, 0.5) is 5.69 Å². The monoisotopic (exact) mass is 337 g/mol. The molecule has 2 heterocycles. The second-order valence-electron chi connectivity index (χ2n) is 4.55. The summed E-state index contributed by atoms with van der Waals surface area (Å²) in [4.78, 5) is 17.1. The number of amides is 1. The van der Waals surface area contributed by atoms with Crippen LogP contribution < -0.4 is 11.1 Å². The van der Waals surface area contributed by atoms with Crippen molar-refractivity contribution in [2.24, 2.45) is 0 Å². The molecule has 7 heteroatoms. The number of nitrogens with two attached hydrogens (primary N) is 1. The maximum atomic E-state index is 12.4. The number of nitrogens with one attached hydrogen (secondary N) is 1. The minimum absolute atomic E-state index is 0.147. The zero-order valence-electron chi connectivity index (χ0n) is 11.1. The summed E-state index contributed by atoms with van der Waals surface area (Å²) < 4.78 is 0.909. The molecule has 0 aliphatic heterocycles. The summed E-state index contributed by atoms with van der Waals surface area (Å²) in [6.45, 7) is 1.90. The number of nitrogen functional groups attached to an aromatic ring is 1. The molecule has 0 saturated heterocycles. The van der Waals surface area contributed by atoms with Crippen molar-refractivity contribution in [2.45, 2.75) is 13.0 Å². The highest BCUT2D eigenvalue weighted by atomic mass is 35.5. The second kappa shape index (κ2) is 5.63. The van der Waals surface area contributed by atoms with Crippen LogP contribution in [0.5, 0.6) is 0 Å². The van der Waals surface area contributed by atoms with Crippen molar-refractivity contribution >= 4 is 56.0 Å². The number of rotatable bonds is 3. The molecule has 2 aromatic heterocycles. The normalized spacial score (nSPS) is 12.5. The van der Waals surface area contributed by atoms with Gasteiger partial charge in [0.15, 0.2) is 0 Å². The summed E-state index contributed by atoms with van der Waals surface area (Å²) in [5.41, 5.74) is 6.57. The summed E-state index contributed by atoms with van der Waals surface area (Å²) in [5, 5.41) is 7.16. The molecule has 3 aromatic rings. The number of aromatic nitrogens is 1. The lowest BCUT2D eigenvalue weighted by Crippen LogP contribution is -2.26. The molecular formula is C14H12ClN3OS2. The summed E-state index contributed by atoms with van der Waals surface area (Å²) in [5.74, 6) is -0.187. The fraction of sp³-hybridized carbons (Fsp3) is 0.143. The summed E-state index contributed by atoms with van der Waals surface area (Å²) >= 11 is 8.83. The Morgan fingerprint density at radius 3 is 3.00 bits per heavy atom. The quantitative estimate of drug-likeness (QED) is 0.756.